The average molecular weight is 481 g/mol. The van der Waals surface area contributed by atoms with Gasteiger partial charge in [0, 0.05) is 45.6 Å². The summed E-state index contributed by atoms with van der Waals surface area (Å²) in [6.45, 7) is 4.50. The lowest BCUT2D eigenvalue weighted by Gasteiger charge is -2.24. The van der Waals surface area contributed by atoms with Crippen LogP contribution in [0.15, 0.2) is 41.6 Å². The highest BCUT2D eigenvalue weighted by molar-refractivity contribution is 7.90. The Morgan fingerprint density at radius 3 is 2.67 bits per heavy atom. The molecule has 0 unspecified atom stereocenters. The van der Waals surface area contributed by atoms with Crippen LogP contribution in [0.3, 0.4) is 0 Å². The molecule has 0 aliphatic carbocycles. The summed E-state index contributed by atoms with van der Waals surface area (Å²) < 4.78 is 62.8. The maximum absolute atomic E-state index is 14.4. The molecule has 178 valence electrons. The third-order valence-corrected chi connectivity index (χ3v) is 7.37. The lowest BCUT2D eigenvalue weighted by Crippen LogP contribution is -2.24. The van der Waals surface area contributed by atoms with Crippen LogP contribution in [-0.2, 0) is 27.2 Å². The highest BCUT2D eigenvalue weighted by Crippen LogP contribution is 2.32. The Morgan fingerprint density at radius 2 is 2.00 bits per heavy atom. The number of alkyl halides is 2. The largest absolute Gasteiger partial charge is 0.381 e. The van der Waals surface area contributed by atoms with Crippen LogP contribution in [0.4, 0.5) is 8.78 Å². The van der Waals surface area contributed by atoms with Crippen molar-refractivity contribution in [3.63, 3.8) is 0 Å². The zero-order valence-electron chi connectivity index (χ0n) is 18.4. The third-order valence-electron chi connectivity index (χ3n) is 5.74. The quantitative estimate of drug-likeness (QED) is 0.560. The minimum absolute atomic E-state index is 0.102. The number of aromatic nitrogens is 3. The first kappa shape index (κ1) is 23.4. The number of amides is 1. The molecule has 4 rings (SSSR count). The molecule has 1 amide bonds. The summed E-state index contributed by atoms with van der Waals surface area (Å²) >= 11 is 0. The van der Waals surface area contributed by atoms with Gasteiger partial charge in [0.05, 0.1) is 21.5 Å². The molecule has 3 heterocycles. The SMILES string of the molecule is CCNC(=O)c1ccn(S(=O)(=O)c2ccc3c(c2)nc(C(C)(F)F)n3CC2CCOCC2)c1. The number of imidazole rings is 1. The molecule has 3 aromatic rings. The van der Waals surface area contributed by atoms with Gasteiger partial charge in [-0.15, -0.1) is 0 Å². The van der Waals surface area contributed by atoms with Gasteiger partial charge in [0.1, 0.15) is 0 Å². The monoisotopic (exact) mass is 480 g/mol. The van der Waals surface area contributed by atoms with Crippen LogP contribution >= 0.6 is 0 Å². The van der Waals surface area contributed by atoms with Gasteiger partial charge < -0.3 is 14.6 Å². The molecule has 1 aromatic carbocycles. The van der Waals surface area contributed by atoms with Crippen molar-refractivity contribution in [2.45, 2.75) is 44.1 Å². The fourth-order valence-corrected chi connectivity index (χ4v) is 5.24. The number of hydrogen-bond donors (Lipinski definition) is 1. The highest BCUT2D eigenvalue weighted by Gasteiger charge is 2.33. The first-order valence-corrected chi connectivity index (χ1v) is 12.2. The van der Waals surface area contributed by atoms with E-state index < -0.39 is 21.8 Å². The van der Waals surface area contributed by atoms with Crippen molar-refractivity contribution >= 4 is 27.0 Å². The van der Waals surface area contributed by atoms with E-state index in [0.717, 1.165) is 23.7 Å². The van der Waals surface area contributed by atoms with Crippen LogP contribution in [0.5, 0.6) is 0 Å². The second kappa shape index (κ2) is 8.86. The van der Waals surface area contributed by atoms with Gasteiger partial charge in [0.2, 0.25) is 0 Å². The van der Waals surface area contributed by atoms with E-state index in [1.54, 1.807) is 6.92 Å². The fraction of sp³-hybridized carbons (Fsp3) is 0.455. The Balaban J connectivity index is 1.72. The summed E-state index contributed by atoms with van der Waals surface area (Å²) in [6.07, 6.45) is 4.03. The van der Waals surface area contributed by atoms with E-state index in [1.165, 1.54) is 41.2 Å². The Labute approximate surface area is 190 Å². The van der Waals surface area contributed by atoms with E-state index in [1.807, 2.05) is 0 Å². The number of halogens is 2. The standard InChI is InChI=1S/C22H26F2N4O4S/c1-3-25-20(29)16-6-9-27(14-16)33(30,31)17-4-5-19-18(12-17)26-21(22(2,23)24)28(19)13-15-7-10-32-11-8-15/h4-6,9,12,14-15H,3,7-8,10-11,13H2,1-2H3,(H,25,29). The molecular formula is C22H26F2N4O4S. The van der Waals surface area contributed by atoms with Crippen molar-refractivity contribution in [2.24, 2.45) is 5.92 Å². The van der Waals surface area contributed by atoms with E-state index >= 15 is 0 Å². The number of nitrogens with zero attached hydrogens (tertiary/aromatic N) is 3. The number of rotatable bonds is 7. The summed E-state index contributed by atoms with van der Waals surface area (Å²) in [5.74, 6) is -3.79. The number of ether oxygens (including phenoxy) is 1. The molecule has 0 spiro atoms. The Morgan fingerprint density at radius 1 is 1.27 bits per heavy atom. The number of carbonyl (C=O) groups is 1. The molecule has 0 radical (unpaired) electrons. The number of hydrogen-bond acceptors (Lipinski definition) is 5. The van der Waals surface area contributed by atoms with Crippen molar-refractivity contribution < 1.29 is 26.7 Å². The minimum atomic E-state index is -4.04. The van der Waals surface area contributed by atoms with Crippen molar-refractivity contribution in [2.75, 3.05) is 19.8 Å². The molecule has 0 saturated carbocycles. The number of carbonyl (C=O) groups excluding carboxylic acids is 1. The minimum Gasteiger partial charge on any atom is -0.381 e. The summed E-state index contributed by atoms with van der Waals surface area (Å²) in [5.41, 5.74) is 0.832. The van der Waals surface area contributed by atoms with Crippen LogP contribution < -0.4 is 5.32 Å². The molecule has 1 N–H and O–H groups in total. The van der Waals surface area contributed by atoms with E-state index in [2.05, 4.69) is 10.3 Å². The highest BCUT2D eigenvalue weighted by atomic mass is 32.2. The van der Waals surface area contributed by atoms with Gasteiger partial charge in [-0.05, 0) is 49.9 Å². The Kier molecular flexibility index (Phi) is 6.28. The molecule has 1 aliphatic heterocycles. The van der Waals surface area contributed by atoms with Crippen LogP contribution in [0, 0.1) is 5.92 Å². The average Bonchev–Trinajstić information content (AvgIpc) is 3.40. The predicted octanol–water partition coefficient (Wildman–Crippen LogP) is 3.36. The zero-order chi connectivity index (χ0) is 23.8. The van der Waals surface area contributed by atoms with Crippen LogP contribution in [0.2, 0.25) is 0 Å². The second-order valence-corrected chi connectivity index (χ2v) is 10.1. The molecule has 1 aliphatic rings. The van der Waals surface area contributed by atoms with Crippen molar-refractivity contribution in [3.05, 3.63) is 48.0 Å². The van der Waals surface area contributed by atoms with Crippen LogP contribution in [0.25, 0.3) is 11.0 Å². The lowest BCUT2D eigenvalue weighted by molar-refractivity contribution is 0.00222. The summed E-state index contributed by atoms with van der Waals surface area (Å²) in [5, 5.41) is 2.61. The summed E-state index contributed by atoms with van der Waals surface area (Å²) in [4.78, 5) is 16.0. The van der Waals surface area contributed by atoms with Gasteiger partial charge in [-0.3, -0.25) is 4.79 Å². The maximum Gasteiger partial charge on any atom is 0.302 e. The molecule has 0 bridgehead atoms. The van der Waals surface area contributed by atoms with Crippen molar-refractivity contribution in [3.8, 4) is 0 Å². The van der Waals surface area contributed by atoms with Gasteiger partial charge in [-0.2, -0.15) is 8.78 Å². The van der Waals surface area contributed by atoms with E-state index in [0.29, 0.717) is 31.8 Å². The third kappa shape index (κ3) is 4.65. The summed E-state index contributed by atoms with van der Waals surface area (Å²) in [7, 11) is -4.04. The first-order chi connectivity index (χ1) is 15.6. The zero-order valence-corrected chi connectivity index (χ0v) is 19.2. The Bertz CT molecular complexity index is 1270. The van der Waals surface area contributed by atoms with Crippen LogP contribution in [0.1, 0.15) is 42.9 Å². The van der Waals surface area contributed by atoms with Crippen molar-refractivity contribution in [1.82, 2.24) is 18.8 Å². The van der Waals surface area contributed by atoms with Gasteiger partial charge >= 0.3 is 5.92 Å². The first-order valence-electron chi connectivity index (χ1n) is 10.8. The smallest absolute Gasteiger partial charge is 0.302 e. The van der Waals surface area contributed by atoms with Crippen molar-refractivity contribution in [1.29, 1.82) is 0 Å². The normalized spacial score (nSPS) is 15.8. The molecule has 0 atom stereocenters. The molecule has 33 heavy (non-hydrogen) atoms. The topological polar surface area (TPSA) is 95.2 Å². The van der Waals surface area contributed by atoms with E-state index in [-0.39, 0.29) is 27.8 Å². The van der Waals surface area contributed by atoms with Gasteiger partial charge in [0.15, 0.2) is 5.82 Å². The number of nitrogens with one attached hydrogen (secondary N) is 1. The fourth-order valence-electron chi connectivity index (χ4n) is 4.02. The molecular weight excluding hydrogens is 454 g/mol. The summed E-state index contributed by atoms with van der Waals surface area (Å²) in [6, 6.07) is 5.59. The van der Waals surface area contributed by atoms with Gasteiger partial charge in [-0.25, -0.2) is 17.4 Å². The van der Waals surface area contributed by atoms with Gasteiger partial charge in [-0.1, -0.05) is 0 Å². The second-order valence-electron chi connectivity index (χ2n) is 8.24. The molecule has 11 heteroatoms. The van der Waals surface area contributed by atoms with E-state index in [4.69, 9.17) is 4.74 Å². The van der Waals surface area contributed by atoms with E-state index in [9.17, 15) is 22.0 Å². The molecule has 1 fully saturated rings. The number of benzene rings is 1. The maximum atomic E-state index is 14.4. The van der Waals surface area contributed by atoms with Crippen LogP contribution in [-0.4, -0.2) is 47.6 Å². The molecule has 1 saturated heterocycles. The lowest BCUT2D eigenvalue weighted by atomic mass is 10.00. The molecule has 2 aromatic heterocycles. The Hall–Kier alpha value is -2.79. The van der Waals surface area contributed by atoms with Gasteiger partial charge in [0.25, 0.3) is 15.9 Å². The number of fused-ring (bicyclic) bond motifs is 1. The molecule has 8 nitrogen and oxygen atoms in total. The predicted molar refractivity (Wildman–Crippen MR) is 118 cm³/mol.